The second-order valence-electron chi connectivity index (χ2n) is 6.54. The van der Waals surface area contributed by atoms with E-state index < -0.39 is 0 Å². The topological polar surface area (TPSA) is 65.4 Å². The van der Waals surface area contributed by atoms with Crippen LogP contribution in [0.1, 0.15) is 35.5 Å². The van der Waals surface area contributed by atoms with E-state index in [2.05, 4.69) is 10.4 Å². The van der Waals surface area contributed by atoms with Gasteiger partial charge in [-0.3, -0.25) is 4.79 Å². The summed E-state index contributed by atoms with van der Waals surface area (Å²) in [5.74, 6) is 1.35. The lowest BCUT2D eigenvalue weighted by molar-refractivity contribution is 0.0953. The molecule has 0 radical (unpaired) electrons. The second-order valence-corrected chi connectivity index (χ2v) is 6.54. The van der Waals surface area contributed by atoms with Crippen LogP contribution in [0.2, 0.25) is 0 Å². The molecular formula is C23H27N3O3. The monoisotopic (exact) mass is 393 g/mol. The number of amides is 1. The van der Waals surface area contributed by atoms with Gasteiger partial charge in [0.15, 0.2) is 11.5 Å². The second kappa shape index (κ2) is 9.78. The summed E-state index contributed by atoms with van der Waals surface area (Å²) in [6.45, 7) is 7.47. The van der Waals surface area contributed by atoms with Crippen molar-refractivity contribution in [3.63, 3.8) is 0 Å². The van der Waals surface area contributed by atoms with E-state index in [0.717, 1.165) is 28.4 Å². The molecule has 0 atom stereocenters. The van der Waals surface area contributed by atoms with Crippen molar-refractivity contribution in [2.75, 3.05) is 19.8 Å². The minimum absolute atomic E-state index is 0.124. The van der Waals surface area contributed by atoms with Crippen LogP contribution in [-0.2, 0) is 6.42 Å². The number of benzene rings is 2. The molecular weight excluding hydrogens is 366 g/mol. The van der Waals surface area contributed by atoms with Crippen LogP contribution < -0.4 is 14.8 Å². The quantitative estimate of drug-likeness (QED) is 0.598. The zero-order chi connectivity index (χ0) is 20.6. The zero-order valence-electron chi connectivity index (χ0n) is 17.1. The molecule has 152 valence electrons. The summed E-state index contributed by atoms with van der Waals surface area (Å²) in [6, 6.07) is 15.7. The molecule has 3 aromatic rings. The van der Waals surface area contributed by atoms with Gasteiger partial charge in [-0.2, -0.15) is 5.10 Å². The predicted octanol–water partition coefficient (Wildman–Crippen LogP) is 3.95. The number of nitrogens with one attached hydrogen (secondary N) is 1. The van der Waals surface area contributed by atoms with Crippen molar-refractivity contribution in [3.8, 4) is 17.2 Å². The summed E-state index contributed by atoms with van der Waals surface area (Å²) in [6.07, 6.45) is 2.31. The summed E-state index contributed by atoms with van der Waals surface area (Å²) in [4.78, 5) is 12.6. The van der Waals surface area contributed by atoms with Gasteiger partial charge in [-0.1, -0.05) is 24.3 Å². The van der Waals surface area contributed by atoms with Crippen LogP contribution in [0.4, 0.5) is 0 Å². The first-order chi connectivity index (χ1) is 14.1. The Balaban J connectivity index is 1.62. The van der Waals surface area contributed by atoms with Gasteiger partial charge in [0, 0.05) is 6.54 Å². The summed E-state index contributed by atoms with van der Waals surface area (Å²) >= 11 is 0. The Labute approximate surface area is 171 Å². The highest BCUT2D eigenvalue weighted by Crippen LogP contribution is 2.28. The van der Waals surface area contributed by atoms with Crippen molar-refractivity contribution in [2.45, 2.75) is 27.2 Å². The molecule has 0 aliphatic heterocycles. The third-order valence-electron chi connectivity index (χ3n) is 4.56. The van der Waals surface area contributed by atoms with Crippen LogP contribution in [0.5, 0.6) is 11.5 Å². The lowest BCUT2D eigenvalue weighted by Gasteiger charge is -2.12. The highest BCUT2D eigenvalue weighted by molar-refractivity contribution is 5.95. The fourth-order valence-corrected chi connectivity index (χ4v) is 3.13. The van der Waals surface area contributed by atoms with Gasteiger partial charge in [-0.05, 0) is 57.0 Å². The molecule has 6 nitrogen and oxygen atoms in total. The van der Waals surface area contributed by atoms with Gasteiger partial charge in [0.05, 0.1) is 36.4 Å². The van der Waals surface area contributed by atoms with E-state index in [1.807, 2.05) is 69.3 Å². The number of aromatic nitrogens is 2. The van der Waals surface area contributed by atoms with Crippen molar-refractivity contribution in [3.05, 3.63) is 71.5 Å². The van der Waals surface area contributed by atoms with Crippen molar-refractivity contribution in [1.29, 1.82) is 0 Å². The average molecular weight is 393 g/mol. The molecule has 0 bridgehead atoms. The molecule has 0 aliphatic rings. The predicted molar refractivity (Wildman–Crippen MR) is 113 cm³/mol. The zero-order valence-corrected chi connectivity index (χ0v) is 17.1. The maximum absolute atomic E-state index is 12.6. The van der Waals surface area contributed by atoms with Crippen molar-refractivity contribution < 1.29 is 14.3 Å². The van der Waals surface area contributed by atoms with E-state index in [0.29, 0.717) is 31.7 Å². The Morgan fingerprint density at radius 2 is 1.76 bits per heavy atom. The number of carbonyl (C=O) groups is 1. The maximum atomic E-state index is 12.6. The van der Waals surface area contributed by atoms with Crippen LogP contribution >= 0.6 is 0 Å². The standard InChI is InChI=1S/C23H27N3O3/c1-4-28-21-12-11-18(15-22(21)29-5-2)13-14-24-23(27)20-16-25-26(17(20)3)19-9-7-6-8-10-19/h6-12,15-16H,4-5,13-14H2,1-3H3,(H,24,27). The van der Waals surface area contributed by atoms with Crippen molar-refractivity contribution in [1.82, 2.24) is 15.1 Å². The fraction of sp³-hybridized carbons (Fsp3) is 0.304. The van der Waals surface area contributed by atoms with Crippen LogP contribution in [0.25, 0.3) is 5.69 Å². The first-order valence-electron chi connectivity index (χ1n) is 9.90. The molecule has 6 heteroatoms. The van der Waals surface area contributed by atoms with E-state index in [1.165, 1.54) is 0 Å². The van der Waals surface area contributed by atoms with Gasteiger partial charge < -0.3 is 14.8 Å². The van der Waals surface area contributed by atoms with Crippen molar-refractivity contribution >= 4 is 5.91 Å². The van der Waals surface area contributed by atoms with Crippen LogP contribution in [0, 0.1) is 6.92 Å². The van der Waals surface area contributed by atoms with Gasteiger partial charge in [-0.25, -0.2) is 4.68 Å². The molecule has 29 heavy (non-hydrogen) atoms. The molecule has 0 saturated heterocycles. The molecule has 1 amide bonds. The van der Waals surface area contributed by atoms with E-state index in [1.54, 1.807) is 10.9 Å². The third-order valence-corrected chi connectivity index (χ3v) is 4.56. The van der Waals surface area contributed by atoms with Gasteiger partial charge >= 0.3 is 0 Å². The summed E-state index contributed by atoms with van der Waals surface area (Å²) in [5, 5.41) is 7.34. The number of nitrogens with zero attached hydrogens (tertiary/aromatic N) is 2. The lowest BCUT2D eigenvalue weighted by atomic mass is 10.1. The normalized spacial score (nSPS) is 10.6. The van der Waals surface area contributed by atoms with Crippen LogP contribution in [0.15, 0.2) is 54.7 Å². The number of carbonyl (C=O) groups excluding carboxylic acids is 1. The van der Waals surface area contributed by atoms with Gasteiger partial charge in [0.2, 0.25) is 0 Å². The lowest BCUT2D eigenvalue weighted by Crippen LogP contribution is -2.26. The Morgan fingerprint density at radius 1 is 1.03 bits per heavy atom. The van der Waals surface area contributed by atoms with Crippen molar-refractivity contribution in [2.24, 2.45) is 0 Å². The molecule has 0 spiro atoms. The highest BCUT2D eigenvalue weighted by Gasteiger charge is 2.15. The van der Waals surface area contributed by atoms with Gasteiger partial charge in [0.1, 0.15) is 0 Å². The number of hydrogen-bond acceptors (Lipinski definition) is 4. The Bertz CT molecular complexity index is 951. The van der Waals surface area contributed by atoms with E-state index in [4.69, 9.17) is 9.47 Å². The van der Waals surface area contributed by atoms with E-state index >= 15 is 0 Å². The van der Waals surface area contributed by atoms with E-state index in [-0.39, 0.29) is 5.91 Å². The molecule has 2 aromatic carbocycles. The Hall–Kier alpha value is -3.28. The number of hydrogen-bond donors (Lipinski definition) is 1. The Morgan fingerprint density at radius 3 is 2.48 bits per heavy atom. The third kappa shape index (κ3) is 4.96. The minimum atomic E-state index is -0.124. The summed E-state index contributed by atoms with van der Waals surface area (Å²) < 4.78 is 13.0. The molecule has 0 aliphatic carbocycles. The largest absolute Gasteiger partial charge is 0.490 e. The smallest absolute Gasteiger partial charge is 0.254 e. The fourth-order valence-electron chi connectivity index (χ4n) is 3.13. The maximum Gasteiger partial charge on any atom is 0.254 e. The average Bonchev–Trinajstić information content (AvgIpc) is 3.12. The molecule has 1 aromatic heterocycles. The molecule has 1 heterocycles. The number of para-hydroxylation sites is 1. The summed E-state index contributed by atoms with van der Waals surface area (Å²) in [5.41, 5.74) is 3.40. The molecule has 0 fully saturated rings. The van der Waals surface area contributed by atoms with Gasteiger partial charge in [-0.15, -0.1) is 0 Å². The van der Waals surface area contributed by atoms with E-state index in [9.17, 15) is 4.79 Å². The molecule has 3 rings (SSSR count). The minimum Gasteiger partial charge on any atom is -0.490 e. The molecule has 0 unspecified atom stereocenters. The molecule has 1 N–H and O–H groups in total. The Kier molecular flexibility index (Phi) is 6.89. The summed E-state index contributed by atoms with van der Waals surface area (Å²) in [7, 11) is 0. The van der Waals surface area contributed by atoms with Crippen LogP contribution in [0.3, 0.4) is 0 Å². The van der Waals surface area contributed by atoms with Crippen LogP contribution in [-0.4, -0.2) is 35.4 Å². The number of ether oxygens (including phenoxy) is 2. The molecule has 0 saturated carbocycles. The van der Waals surface area contributed by atoms with Gasteiger partial charge in [0.25, 0.3) is 5.91 Å². The SMILES string of the molecule is CCOc1ccc(CCNC(=O)c2cnn(-c3ccccc3)c2C)cc1OCC. The highest BCUT2D eigenvalue weighted by atomic mass is 16.5. The number of rotatable bonds is 9. The first kappa shape index (κ1) is 20.5. The first-order valence-corrected chi connectivity index (χ1v) is 9.90.